The highest BCUT2D eigenvalue weighted by Gasteiger charge is 2.09. The Bertz CT molecular complexity index is 382. The molecule has 1 rings (SSSR count). The Balaban J connectivity index is 2.81. The quantitative estimate of drug-likeness (QED) is 0.759. The maximum Gasteiger partial charge on any atom is 0.359 e. The fourth-order valence-electron chi connectivity index (χ4n) is 0.709. The van der Waals surface area contributed by atoms with Crippen molar-refractivity contribution in [3.8, 4) is 0 Å². The van der Waals surface area contributed by atoms with Crippen molar-refractivity contribution in [3.05, 3.63) is 11.1 Å². The van der Waals surface area contributed by atoms with E-state index in [1.165, 1.54) is 0 Å². The van der Waals surface area contributed by atoms with Crippen LogP contribution in [0.25, 0.3) is 0 Å². The number of anilines is 1. The molecule has 7 heteroatoms. The lowest BCUT2D eigenvalue weighted by molar-refractivity contribution is 0.489. The van der Waals surface area contributed by atoms with Gasteiger partial charge in [0.1, 0.15) is 0 Å². The van der Waals surface area contributed by atoms with Crippen LogP contribution in [0.2, 0.25) is 0 Å². The van der Waals surface area contributed by atoms with Crippen LogP contribution in [-0.4, -0.2) is 18.0 Å². The number of nitrogens with one attached hydrogen (secondary N) is 1. The Hall–Kier alpha value is -0.660. The predicted molar refractivity (Wildman–Crippen MR) is 51.4 cm³/mol. The predicted octanol–water partition coefficient (Wildman–Crippen LogP) is 1.48. The van der Waals surface area contributed by atoms with Crippen molar-refractivity contribution in [2.45, 2.75) is 19.8 Å². The average Bonchev–Trinajstić information content (AvgIpc) is 2.31. The van der Waals surface area contributed by atoms with Crippen LogP contribution in [0.4, 0.5) is 5.13 Å². The molecule has 0 radical (unpaired) electrons. The summed E-state index contributed by atoms with van der Waals surface area (Å²) in [6, 6.07) is 0. The van der Waals surface area contributed by atoms with E-state index in [0.717, 1.165) is 17.0 Å². The monoisotopic (exact) mass is 222 g/mol. The summed E-state index contributed by atoms with van der Waals surface area (Å²) in [6.45, 7) is 3.90. The Morgan fingerprint density at radius 3 is 2.62 bits per heavy atom. The van der Waals surface area contributed by atoms with E-state index in [4.69, 9.17) is 4.55 Å². The lowest BCUT2D eigenvalue weighted by Gasteiger charge is -1.97. The van der Waals surface area contributed by atoms with Crippen LogP contribution < -0.4 is 4.72 Å². The summed E-state index contributed by atoms with van der Waals surface area (Å²) < 4.78 is 31.1. The van der Waals surface area contributed by atoms with Gasteiger partial charge >= 0.3 is 10.3 Å². The van der Waals surface area contributed by atoms with Crippen molar-refractivity contribution in [3.63, 3.8) is 0 Å². The maximum absolute atomic E-state index is 10.4. The number of nitrogens with zero attached hydrogens (tertiary/aromatic N) is 1. The largest absolute Gasteiger partial charge is 0.359 e. The van der Waals surface area contributed by atoms with Crippen LogP contribution >= 0.6 is 11.3 Å². The second kappa shape index (κ2) is 3.60. The molecule has 0 fully saturated rings. The number of thiazole rings is 1. The van der Waals surface area contributed by atoms with Gasteiger partial charge < -0.3 is 0 Å². The lowest BCUT2D eigenvalue weighted by atomic mass is 10.2. The second-order valence-electron chi connectivity index (χ2n) is 2.81. The molecule has 5 nitrogen and oxygen atoms in total. The van der Waals surface area contributed by atoms with Crippen LogP contribution in [0.1, 0.15) is 25.5 Å². The van der Waals surface area contributed by atoms with E-state index < -0.39 is 10.3 Å². The third kappa shape index (κ3) is 3.29. The molecule has 13 heavy (non-hydrogen) atoms. The smallest absolute Gasteiger partial charge is 0.269 e. The molecular weight excluding hydrogens is 212 g/mol. The van der Waals surface area contributed by atoms with E-state index in [2.05, 4.69) is 4.98 Å². The van der Waals surface area contributed by atoms with Gasteiger partial charge in [0, 0.05) is 5.38 Å². The van der Waals surface area contributed by atoms with Crippen LogP contribution in [0.15, 0.2) is 5.38 Å². The minimum atomic E-state index is -4.19. The maximum atomic E-state index is 10.4. The highest BCUT2D eigenvalue weighted by molar-refractivity contribution is 7.87. The molecule has 0 saturated heterocycles. The number of hydrogen-bond acceptors (Lipinski definition) is 4. The summed E-state index contributed by atoms with van der Waals surface area (Å²) in [5, 5.41) is 1.93. The van der Waals surface area contributed by atoms with Gasteiger partial charge in [-0.15, -0.1) is 11.3 Å². The van der Waals surface area contributed by atoms with E-state index in [-0.39, 0.29) is 11.0 Å². The number of hydrogen-bond donors (Lipinski definition) is 2. The van der Waals surface area contributed by atoms with Gasteiger partial charge in [0.05, 0.1) is 5.69 Å². The van der Waals surface area contributed by atoms with Crippen molar-refractivity contribution in [1.82, 2.24) is 4.98 Å². The number of rotatable bonds is 3. The Morgan fingerprint density at radius 1 is 1.62 bits per heavy atom. The molecule has 0 aliphatic heterocycles. The van der Waals surface area contributed by atoms with Crippen molar-refractivity contribution < 1.29 is 13.0 Å². The first-order chi connectivity index (χ1) is 5.88. The van der Waals surface area contributed by atoms with E-state index in [1.54, 1.807) is 5.38 Å². The Kier molecular flexibility index (Phi) is 2.89. The van der Waals surface area contributed by atoms with Gasteiger partial charge in [-0.05, 0) is 5.92 Å². The molecule has 0 atom stereocenters. The zero-order valence-corrected chi connectivity index (χ0v) is 8.82. The van der Waals surface area contributed by atoms with Crippen molar-refractivity contribution >= 4 is 26.8 Å². The molecule has 0 saturated carbocycles. The summed E-state index contributed by atoms with van der Waals surface area (Å²) in [7, 11) is -4.19. The van der Waals surface area contributed by atoms with Gasteiger partial charge in [-0.2, -0.15) is 8.42 Å². The van der Waals surface area contributed by atoms with E-state index >= 15 is 0 Å². The van der Waals surface area contributed by atoms with Gasteiger partial charge in [0.2, 0.25) is 0 Å². The average molecular weight is 222 g/mol. The minimum Gasteiger partial charge on any atom is -0.269 e. The summed E-state index contributed by atoms with van der Waals surface area (Å²) >= 11 is 1.14. The highest BCUT2D eigenvalue weighted by Crippen LogP contribution is 2.21. The van der Waals surface area contributed by atoms with Crippen molar-refractivity contribution in [2.24, 2.45) is 0 Å². The standard InChI is InChI=1S/C6H10N2O3S2/c1-4(2)5-3-12-6(7-5)8-13(9,10)11/h3-4H,1-2H3,(H,7,8)(H,9,10,11). The topological polar surface area (TPSA) is 79.3 Å². The first kappa shape index (κ1) is 10.4. The van der Waals surface area contributed by atoms with Crippen LogP contribution in [0, 0.1) is 0 Å². The molecule has 74 valence electrons. The summed E-state index contributed by atoms with van der Waals surface area (Å²) in [5.41, 5.74) is 0.802. The molecule has 1 heterocycles. The zero-order valence-electron chi connectivity index (χ0n) is 7.18. The van der Waals surface area contributed by atoms with Crippen LogP contribution in [0.5, 0.6) is 0 Å². The molecule has 0 aliphatic rings. The van der Waals surface area contributed by atoms with Gasteiger partial charge in [-0.3, -0.25) is 4.55 Å². The lowest BCUT2D eigenvalue weighted by Crippen LogP contribution is -2.10. The molecule has 0 unspecified atom stereocenters. The van der Waals surface area contributed by atoms with Gasteiger partial charge in [-0.25, -0.2) is 9.71 Å². The molecule has 0 amide bonds. The van der Waals surface area contributed by atoms with Crippen molar-refractivity contribution in [2.75, 3.05) is 4.72 Å². The van der Waals surface area contributed by atoms with E-state index in [1.807, 2.05) is 18.6 Å². The first-order valence-electron chi connectivity index (χ1n) is 3.59. The zero-order chi connectivity index (χ0) is 10.1. The molecular formula is C6H10N2O3S2. The first-order valence-corrected chi connectivity index (χ1v) is 5.91. The normalized spacial score (nSPS) is 12.0. The molecule has 2 N–H and O–H groups in total. The molecule has 0 aliphatic carbocycles. The fraction of sp³-hybridized carbons (Fsp3) is 0.500. The SMILES string of the molecule is CC(C)c1csc(NS(=O)(=O)O)n1. The second-order valence-corrected chi connectivity index (χ2v) is 4.82. The molecule has 1 aromatic heterocycles. The van der Waals surface area contributed by atoms with E-state index in [9.17, 15) is 8.42 Å². The molecule has 0 aromatic carbocycles. The number of aromatic nitrogens is 1. The minimum absolute atomic E-state index is 0.186. The molecule has 1 aromatic rings. The van der Waals surface area contributed by atoms with Gasteiger partial charge in [0.15, 0.2) is 5.13 Å². The Morgan fingerprint density at radius 2 is 2.23 bits per heavy atom. The van der Waals surface area contributed by atoms with Gasteiger partial charge in [0.25, 0.3) is 0 Å². The van der Waals surface area contributed by atoms with Crippen LogP contribution in [0.3, 0.4) is 0 Å². The molecule has 0 bridgehead atoms. The Labute approximate surface area is 80.7 Å². The van der Waals surface area contributed by atoms with Crippen LogP contribution in [-0.2, 0) is 10.3 Å². The fourth-order valence-corrected chi connectivity index (χ4v) is 2.20. The third-order valence-corrected chi connectivity index (χ3v) is 2.69. The molecule has 0 spiro atoms. The summed E-state index contributed by atoms with van der Waals surface area (Å²) in [5.74, 6) is 0.244. The third-order valence-electron chi connectivity index (χ3n) is 1.33. The van der Waals surface area contributed by atoms with Gasteiger partial charge in [-0.1, -0.05) is 13.8 Å². The van der Waals surface area contributed by atoms with Crippen molar-refractivity contribution in [1.29, 1.82) is 0 Å². The summed E-state index contributed by atoms with van der Waals surface area (Å²) in [6.07, 6.45) is 0. The highest BCUT2D eigenvalue weighted by atomic mass is 32.2. The van der Waals surface area contributed by atoms with E-state index in [0.29, 0.717) is 0 Å². The summed E-state index contributed by atoms with van der Waals surface area (Å²) in [4.78, 5) is 3.96.